The minimum atomic E-state index is -0.838. The number of amides is 1. The number of allylic oxidation sites excluding steroid dienone is 3. The molecule has 0 fully saturated rings. The van der Waals surface area contributed by atoms with Crippen LogP contribution in [0.2, 0.25) is 0 Å². The molecule has 4 nitrogen and oxygen atoms in total. The number of carbonyl (C=O) groups is 1. The number of aliphatic hydroxyl groups is 2. The Labute approximate surface area is 345 Å². The molecule has 0 aromatic rings. The molecule has 0 aromatic heterocycles. The van der Waals surface area contributed by atoms with Crippen LogP contribution in [0.4, 0.5) is 0 Å². The van der Waals surface area contributed by atoms with Crippen molar-refractivity contribution in [1.82, 2.24) is 5.32 Å². The Kier molecular flexibility index (Phi) is 46.3. The predicted octanol–water partition coefficient (Wildman–Crippen LogP) is 16.0. The lowest BCUT2D eigenvalue weighted by Crippen LogP contribution is -2.45. The molecule has 0 aliphatic heterocycles. The van der Waals surface area contributed by atoms with Gasteiger partial charge in [0.05, 0.1) is 18.8 Å². The Morgan fingerprint density at radius 2 is 0.691 bits per heavy atom. The standard InChI is InChI=1S/C51H99NO3/c1-3-5-7-9-11-13-15-17-19-21-23-24-25-26-27-29-31-33-35-37-39-41-43-45-47-51(55)52-49(48-53)50(54)46-44-42-40-38-36-34-32-30-28-22-20-18-16-14-12-10-8-6-4-2/h26-27,44,46,49-50,53-54H,3-25,28-43,45,47-48H2,1-2H3,(H,52,55)/b27-26-,46-44+. The van der Waals surface area contributed by atoms with Crippen LogP contribution in [0, 0.1) is 0 Å². The molecule has 3 N–H and O–H groups in total. The van der Waals surface area contributed by atoms with Crippen LogP contribution in [0.3, 0.4) is 0 Å². The van der Waals surface area contributed by atoms with Gasteiger partial charge in [-0.05, 0) is 44.9 Å². The SMILES string of the molecule is CCCCCCCCCCCCCC/C=C\CCCCCCCCCCC(=O)NC(CO)C(O)/C=C/CCCCCCCCCCCCCCCCCCC. The van der Waals surface area contributed by atoms with E-state index in [1.54, 1.807) is 6.08 Å². The molecule has 55 heavy (non-hydrogen) atoms. The Bertz CT molecular complexity index is 795. The summed E-state index contributed by atoms with van der Waals surface area (Å²) in [5.74, 6) is -0.0634. The Hall–Kier alpha value is -1.13. The molecule has 0 saturated heterocycles. The summed E-state index contributed by atoms with van der Waals surface area (Å²) in [7, 11) is 0. The van der Waals surface area contributed by atoms with Crippen LogP contribution in [-0.2, 0) is 4.79 Å². The highest BCUT2D eigenvalue weighted by molar-refractivity contribution is 5.76. The third-order valence-electron chi connectivity index (χ3n) is 11.7. The monoisotopic (exact) mass is 774 g/mol. The second-order valence-electron chi connectivity index (χ2n) is 17.2. The van der Waals surface area contributed by atoms with Gasteiger partial charge in [-0.1, -0.05) is 250 Å². The van der Waals surface area contributed by atoms with Crippen molar-refractivity contribution in [1.29, 1.82) is 0 Å². The highest BCUT2D eigenvalue weighted by Crippen LogP contribution is 2.16. The maximum atomic E-state index is 12.4. The van der Waals surface area contributed by atoms with Crippen LogP contribution >= 0.6 is 0 Å². The van der Waals surface area contributed by atoms with Gasteiger partial charge in [0.1, 0.15) is 0 Å². The topological polar surface area (TPSA) is 69.6 Å². The Morgan fingerprint density at radius 3 is 1.00 bits per heavy atom. The first-order valence-corrected chi connectivity index (χ1v) is 25.1. The molecule has 326 valence electrons. The molecule has 0 saturated carbocycles. The average Bonchev–Trinajstić information content (AvgIpc) is 3.19. The maximum absolute atomic E-state index is 12.4. The predicted molar refractivity (Wildman–Crippen MR) is 244 cm³/mol. The van der Waals surface area contributed by atoms with Gasteiger partial charge in [0.2, 0.25) is 5.91 Å². The third kappa shape index (κ3) is 43.8. The third-order valence-corrected chi connectivity index (χ3v) is 11.7. The first-order chi connectivity index (χ1) is 27.2. The molecule has 2 atom stereocenters. The quantitative estimate of drug-likeness (QED) is 0.0426. The van der Waals surface area contributed by atoms with Gasteiger partial charge in [-0.3, -0.25) is 4.79 Å². The van der Waals surface area contributed by atoms with Crippen LogP contribution in [0.5, 0.6) is 0 Å². The maximum Gasteiger partial charge on any atom is 0.220 e. The highest BCUT2D eigenvalue weighted by Gasteiger charge is 2.18. The highest BCUT2D eigenvalue weighted by atomic mass is 16.3. The lowest BCUT2D eigenvalue weighted by atomic mass is 10.0. The molecule has 0 radical (unpaired) electrons. The van der Waals surface area contributed by atoms with Gasteiger partial charge in [-0.25, -0.2) is 0 Å². The molecule has 0 rings (SSSR count). The molecule has 0 aromatic carbocycles. The van der Waals surface area contributed by atoms with Gasteiger partial charge in [0.15, 0.2) is 0 Å². The first-order valence-electron chi connectivity index (χ1n) is 25.1. The number of hydrogen-bond acceptors (Lipinski definition) is 3. The van der Waals surface area contributed by atoms with Crippen LogP contribution in [0.15, 0.2) is 24.3 Å². The number of carbonyl (C=O) groups excluding carboxylic acids is 1. The summed E-state index contributed by atoms with van der Waals surface area (Å²) in [6, 6.07) is -0.622. The molecule has 0 spiro atoms. The summed E-state index contributed by atoms with van der Waals surface area (Å²) >= 11 is 0. The van der Waals surface area contributed by atoms with E-state index in [0.29, 0.717) is 6.42 Å². The second kappa shape index (κ2) is 47.2. The van der Waals surface area contributed by atoms with Crippen molar-refractivity contribution in [3.8, 4) is 0 Å². The fourth-order valence-electron chi connectivity index (χ4n) is 7.82. The van der Waals surface area contributed by atoms with E-state index in [9.17, 15) is 15.0 Å². The van der Waals surface area contributed by atoms with Gasteiger partial charge in [-0.2, -0.15) is 0 Å². The largest absolute Gasteiger partial charge is 0.394 e. The van der Waals surface area contributed by atoms with E-state index >= 15 is 0 Å². The van der Waals surface area contributed by atoms with Crippen molar-refractivity contribution >= 4 is 5.91 Å². The van der Waals surface area contributed by atoms with E-state index in [1.165, 1.54) is 231 Å². The number of rotatable bonds is 46. The fraction of sp³-hybridized carbons (Fsp3) is 0.902. The van der Waals surface area contributed by atoms with E-state index in [-0.39, 0.29) is 12.5 Å². The Morgan fingerprint density at radius 1 is 0.418 bits per heavy atom. The molecule has 0 heterocycles. The van der Waals surface area contributed by atoms with Crippen LogP contribution < -0.4 is 5.32 Å². The first kappa shape index (κ1) is 53.9. The molecular weight excluding hydrogens is 675 g/mol. The molecule has 2 unspecified atom stereocenters. The van der Waals surface area contributed by atoms with Gasteiger partial charge in [0.25, 0.3) is 0 Å². The smallest absolute Gasteiger partial charge is 0.220 e. The summed E-state index contributed by atoms with van der Waals surface area (Å²) in [4.78, 5) is 12.4. The van der Waals surface area contributed by atoms with Gasteiger partial charge in [0, 0.05) is 6.42 Å². The average molecular weight is 774 g/mol. The van der Waals surface area contributed by atoms with Crippen molar-refractivity contribution in [3.63, 3.8) is 0 Å². The van der Waals surface area contributed by atoms with E-state index in [0.717, 1.165) is 25.7 Å². The lowest BCUT2D eigenvalue weighted by molar-refractivity contribution is -0.123. The van der Waals surface area contributed by atoms with E-state index in [1.807, 2.05) is 6.08 Å². The molecule has 0 bridgehead atoms. The number of unbranched alkanes of at least 4 members (excludes halogenated alkanes) is 37. The van der Waals surface area contributed by atoms with E-state index < -0.39 is 12.1 Å². The van der Waals surface area contributed by atoms with E-state index in [2.05, 4.69) is 31.3 Å². The minimum absolute atomic E-state index is 0.0634. The van der Waals surface area contributed by atoms with Crippen molar-refractivity contribution in [2.45, 2.75) is 289 Å². The number of aliphatic hydroxyl groups excluding tert-OH is 2. The summed E-state index contributed by atoms with van der Waals surface area (Å²) in [5.41, 5.74) is 0. The molecular formula is C51H99NO3. The van der Waals surface area contributed by atoms with Crippen LogP contribution in [-0.4, -0.2) is 34.9 Å². The Balaban J connectivity index is 3.51. The van der Waals surface area contributed by atoms with Crippen molar-refractivity contribution in [3.05, 3.63) is 24.3 Å². The van der Waals surface area contributed by atoms with Crippen molar-refractivity contribution in [2.75, 3.05) is 6.61 Å². The molecule has 1 amide bonds. The van der Waals surface area contributed by atoms with Gasteiger partial charge >= 0.3 is 0 Å². The lowest BCUT2D eigenvalue weighted by Gasteiger charge is -2.20. The molecule has 0 aliphatic rings. The fourth-order valence-corrected chi connectivity index (χ4v) is 7.82. The second-order valence-corrected chi connectivity index (χ2v) is 17.2. The summed E-state index contributed by atoms with van der Waals surface area (Å²) in [6.45, 7) is 4.34. The van der Waals surface area contributed by atoms with Gasteiger partial charge in [-0.15, -0.1) is 0 Å². The molecule has 0 aliphatic carbocycles. The number of hydrogen-bond donors (Lipinski definition) is 3. The zero-order chi connectivity index (χ0) is 40.0. The summed E-state index contributed by atoms with van der Waals surface area (Å²) in [6.07, 6.45) is 61.7. The van der Waals surface area contributed by atoms with Crippen LogP contribution in [0.25, 0.3) is 0 Å². The van der Waals surface area contributed by atoms with E-state index in [4.69, 9.17) is 0 Å². The normalized spacial score (nSPS) is 13.0. The van der Waals surface area contributed by atoms with Crippen LogP contribution in [0.1, 0.15) is 277 Å². The summed E-state index contributed by atoms with van der Waals surface area (Å²) in [5, 5.41) is 23.1. The van der Waals surface area contributed by atoms with Crippen molar-refractivity contribution in [2.24, 2.45) is 0 Å². The summed E-state index contributed by atoms with van der Waals surface area (Å²) < 4.78 is 0. The van der Waals surface area contributed by atoms with Crippen molar-refractivity contribution < 1.29 is 15.0 Å². The zero-order valence-corrected chi connectivity index (χ0v) is 37.5. The molecule has 4 heteroatoms. The number of nitrogens with one attached hydrogen (secondary N) is 1. The van der Waals surface area contributed by atoms with Gasteiger partial charge < -0.3 is 15.5 Å². The minimum Gasteiger partial charge on any atom is -0.394 e. The zero-order valence-electron chi connectivity index (χ0n) is 37.5.